The molecule has 0 amide bonds. The summed E-state index contributed by atoms with van der Waals surface area (Å²) in [6, 6.07) is 0. The quantitative estimate of drug-likeness (QED) is 0.186. The third kappa shape index (κ3) is 25.8. The van der Waals surface area contributed by atoms with Gasteiger partial charge in [-0.3, -0.25) is 0 Å². The highest BCUT2D eigenvalue weighted by atomic mass is 16.5. The van der Waals surface area contributed by atoms with Gasteiger partial charge in [-0.05, 0) is 6.42 Å². The molecule has 176 valence electrons. The highest BCUT2D eigenvalue weighted by Crippen LogP contribution is 2.13. The molecule has 5 heteroatoms. The Balaban J connectivity index is 3.09. The van der Waals surface area contributed by atoms with Crippen LogP contribution in [0.25, 0.3) is 0 Å². The molecule has 3 N–H and O–H groups in total. The van der Waals surface area contributed by atoms with E-state index in [-0.39, 0.29) is 6.61 Å². The first-order valence-electron chi connectivity index (χ1n) is 12.5. The minimum absolute atomic E-state index is 0.0514. The molecule has 1 atom stereocenters. The average molecular weight is 418 g/mol. The fourth-order valence-corrected chi connectivity index (χ4v) is 3.43. The lowest BCUT2D eigenvalue weighted by atomic mass is 10.0. The van der Waals surface area contributed by atoms with Gasteiger partial charge in [-0.1, -0.05) is 96.8 Å². The first-order chi connectivity index (χ1) is 14.3. The monoisotopic (exact) mass is 417 g/mol. The molecule has 0 bridgehead atoms. The van der Waals surface area contributed by atoms with E-state index in [9.17, 15) is 5.11 Å². The van der Waals surface area contributed by atoms with Gasteiger partial charge in [-0.2, -0.15) is 0 Å². The molecule has 0 aromatic rings. The Morgan fingerprint density at radius 1 is 0.655 bits per heavy atom. The van der Waals surface area contributed by atoms with Crippen LogP contribution in [0.1, 0.15) is 103 Å². The molecule has 0 aromatic carbocycles. The number of hydrogen-bond acceptors (Lipinski definition) is 5. The van der Waals surface area contributed by atoms with Crippen LogP contribution in [0.4, 0.5) is 0 Å². The highest BCUT2D eigenvalue weighted by molar-refractivity contribution is 4.58. The van der Waals surface area contributed by atoms with Crippen molar-refractivity contribution in [2.24, 2.45) is 0 Å². The molecular formula is C24H51NO4. The van der Waals surface area contributed by atoms with Gasteiger partial charge in [-0.25, -0.2) is 0 Å². The van der Waals surface area contributed by atoms with Crippen LogP contribution in [0.3, 0.4) is 0 Å². The zero-order valence-corrected chi connectivity index (χ0v) is 19.3. The summed E-state index contributed by atoms with van der Waals surface area (Å²) in [6.07, 6.45) is 20.1. The lowest BCUT2D eigenvalue weighted by molar-refractivity contribution is 0.0336. The van der Waals surface area contributed by atoms with E-state index < -0.39 is 6.10 Å². The van der Waals surface area contributed by atoms with Crippen LogP contribution in [0, 0.1) is 0 Å². The van der Waals surface area contributed by atoms with E-state index in [1.54, 1.807) is 0 Å². The predicted molar refractivity (Wildman–Crippen MR) is 123 cm³/mol. The molecule has 0 spiro atoms. The van der Waals surface area contributed by atoms with Crippen LogP contribution < -0.4 is 5.32 Å². The van der Waals surface area contributed by atoms with Crippen molar-refractivity contribution in [1.29, 1.82) is 0 Å². The normalized spacial score (nSPS) is 12.5. The first-order valence-corrected chi connectivity index (χ1v) is 12.5. The molecule has 0 aliphatic rings. The Morgan fingerprint density at radius 3 is 1.69 bits per heavy atom. The Labute approximate surface area is 180 Å². The van der Waals surface area contributed by atoms with Crippen molar-refractivity contribution in [3.05, 3.63) is 0 Å². The van der Waals surface area contributed by atoms with Gasteiger partial charge in [0.2, 0.25) is 0 Å². The zero-order chi connectivity index (χ0) is 21.3. The van der Waals surface area contributed by atoms with Crippen molar-refractivity contribution in [3.63, 3.8) is 0 Å². The van der Waals surface area contributed by atoms with Crippen LogP contribution in [0.5, 0.6) is 0 Å². The van der Waals surface area contributed by atoms with Crippen LogP contribution in [-0.2, 0) is 9.47 Å². The van der Waals surface area contributed by atoms with E-state index >= 15 is 0 Å². The van der Waals surface area contributed by atoms with Crippen LogP contribution >= 0.6 is 0 Å². The van der Waals surface area contributed by atoms with Gasteiger partial charge in [0.05, 0.1) is 32.5 Å². The summed E-state index contributed by atoms with van der Waals surface area (Å²) in [5, 5.41) is 21.5. The van der Waals surface area contributed by atoms with E-state index in [0.29, 0.717) is 32.9 Å². The largest absolute Gasteiger partial charge is 0.394 e. The zero-order valence-electron chi connectivity index (χ0n) is 19.3. The second kappa shape index (κ2) is 25.8. The minimum Gasteiger partial charge on any atom is -0.394 e. The molecule has 0 radical (unpaired) electrons. The van der Waals surface area contributed by atoms with Gasteiger partial charge in [0, 0.05) is 19.7 Å². The molecule has 0 rings (SSSR count). The standard InChI is InChI=1S/C24H51NO4/c1-2-3-4-5-6-7-8-9-10-11-12-13-14-15-16-19-29-23-24(27)22-25-17-20-28-21-18-26/h24-27H,2-23H2,1H3. The second-order valence-corrected chi connectivity index (χ2v) is 8.22. The van der Waals surface area contributed by atoms with Gasteiger partial charge in [0.1, 0.15) is 0 Å². The maximum Gasteiger partial charge on any atom is 0.0897 e. The third-order valence-electron chi connectivity index (χ3n) is 5.24. The van der Waals surface area contributed by atoms with Crippen molar-refractivity contribution in [2.45, 2.75) is 109 Å². The Bertz CT molecular complexity index is 292. The molecule has 0 aromatic heterocycles. The summed E-state index contributed by atoms with van der Waals surface area (Å²) >= 11 is 0. The van der Waals surface area contributed by atoms with Crippen LogP contribution in [-0.4, -0.2) is 62.4 Å². The number of nitrogens with one attached hydrogen (secondary N) is 1. The Hall–Kier alpha value is -0.200. The first kappa shape index (κ1) is 28.8. The lowest BCUT2D eigenvalue weighted by Crippen LogP contribution is -2.32. The van der Waals surface area contributed by atoms with Crippen LogP contribution in [0.2, 0.25) is 0 Å². The van der Waals surface area contributed by atoms with E-state index in [1.807, 2.05) is 0 Å². The Kier molecular flexibility index (Phi) is 25.7. The van der Waals surface area contributed by atoms with Gasteiger partial charge in [0.15, 0.2) is 0 Å². The summed E-state index contributed by atoms with van der Waals surface area (Å²) in [4.78, 5) is 0. The molecule has 5 nitrogen and oxygen atoms in total. The van der Waals surface area contributed by atoms with Gasteiger partial charge >= 0.3 is 0 Å². The number of hydrogen-bond donors (Lipinski definition) is 3. The predicted octanol–water partition coefficient (Wildman–Crippen LogP) is 4.83. The maximum absolute atomic E-state index is 9.81. The topological polar surface area (TPSA) is 71.0 Å². The average Bonchev–Trinajstić information content (AvgIpc) is 2.73. The van der Waals surface area contributed by atoms with E-state index in [0.717, 1.165) is 13.0 Å². The molecule has 1 unspecified atom stereocenters. The number of ether oxygens (including phenoxy) is 2. The lowest BCUT2D eigenvalue weighted by Gasteiger charge is -2.12. The van der Waals surface area contributed by atoms with E-state index in [4.69, 9.17) is 14.6 Å². The van der Waals surface area contributed by atoms with Gasteiger partial charge in [-0.15, -0.1) is 0 Å². The maximum atomic E-state index is 9.81. The van der Waals surface area contributed by atoms with Gasteiger partial charge in [0.25, 0.3) is 0 Å². The molecule has 0 aliphatic carbocycles. The molecule has 0 fully saturated rings. The fraction of sp³-hybridized carbons (Fsp3) is 1.00. The van der Waals surface area contributed by atoms with E-state index in [1.165, 1.54) is 89.9 Å². The number of aliphatic hydroxyl groups excluding tert-OH is 2. The fourth-order valence-electron chi connectivity index (χ4n) is 3.43. The van der Waals surface area contributed by atoms with Gasteiger partial charge < -0.3 is 25.0 Å². The molecule has 0 saturated heterocycles. The molecule has 29 heavy (non-hydrogen) atoms. The number of unbranched alkanes of at least 4 members (excludes halogenated alkanes) is 14. The smallest absolute Gasteiger partial charge is 0.0897 e. The molecule has 0 aliphatic heterocycles. The number of rotatable bonds is 25. The van der Waals surface area contributed by atoms with Crippen molar-refractivity contribution in [3.8, 4) is 0 Å². The molecule has 0 heterocycles. The molecular weight excluding hydrogens is 366 g/mol. The summed E-state index contributed by atoms with van der Waals surface area (Å²) in [6.45, 7) is 5.58. The van der Waals surface area contributed by atoms with Crippen molar-refractivity contribution >= 4 is 0 Å². The van der Waals surface area contributed by atoms with Crippen molar-refractivity contribution in [2.75, 3.05) is 46.1 Å². The summed E-state index contributed by atoms with van der Waals surface area (Å²) in [5.41, 5.74) is 0. The second-order valence-electron chi connectivity index (χ2n) is 8.22. The van der Waals surface area contributed by atoms with Crippen molar-refractivity contribution in [1.82, 2.24) is 5.32 Å². The summed E-state index contributed by atoms with van der Waals surface area (Å²) in [7, 11) is 0. The van der Waals surface area contributed by atoms with E-state index in [2.05, 4.69) is 12.2 Å². The van der Waals surface area contributed by atoms with Crippen LogP contribution in [0.15, 0.2) is 0 Å². The highest BCUT2D eigenvalue weighted by Gasteiger charge is 2.03. The molecule has 0 saturated carbocycles. The minimum atomic E-state index is -0.468. The number of aliphatic hydroxyl groups is 2. The summed E-state index contributed by atoms with van der Waals surface area (Å²) < 4.78 is 10.7. The third-order valence-corrected chi connectivity index (χ3v) is 5.24. The Morgan fingerprint density at radius 2 is 1.17 bits per heavy atom. The summed E-state index contributed by atoms with van der Waals surface area (Å²) in [5.74, 6) is 0. The van der Waals surface area contributed by atoms with Crippen molar-refractivity contribution < 1.29 is 19.7 Å². The SMILES string of the molecule is CCCCCCCCCCCCCCCCCOCC(O)CNCCOCCO.